The lowest BCUT2D eigenvalue weighted by atomic mass is 10.2. The van der Waals surface area contributed by atoms with Crippen molar-refractivity contribution < 1.29 is 22.7 Å². The molecule has 2 aliphatic heterocycles. The maximum atomic E-state index is 12.5. The summed E-state index contributed by atoms with van der Waals surface area (Å²) in [5.41, 5.74) is 0.890. The van der Waals surface area contributed by atoms with E-state index in [4.69, 9.17) is 4.74 Å². The van der Waals surface area contributed by atoms with E-state index in [1.165, 1.54) is 4.31 Å². The Morgan fingerprint density at radius 1 is 1.11 bits per heavy atom. The molecule has 0 atom stereocenters. The maximum Gasteiger partial charge on any atom is 0.227 e. The largest absolute Gasteiger partial charge is 0.379 e. The van der Waals surface area contributed by atoms with Crippen LogP contribution in [0.4, 0.5) is 5.69 Å². The first-order chi connectivity index (χ1) is 13.5. The van der Waals surface area contributed by atoms with Gasteiger partial charge in [0, 0.05) is 49.7 Å². The highest BCUT2D eigenvalue weighted by Crippen LogP contribution is 2.34. The topological polar surface area (TPSA) is 96.0 Å². The van der Waals surface area contributed by atoms with Crippen molar-refractivity contribution in [1.29, 1.82) is 0 Å². The molecule has 0 aliphatic carbocycles. The zero-order chi connectivity index (χ0) is 20.0. The molecular weight excluding hydrogens is 402 g/mol. The highest BCUT2D eigenvalue weighted by Gasteiger charge is 2.25. The molecule has 154 valence electrons. The number of benzene rings is 1. The first-order valence-electron chi connectivity index (χ1n) is 9.32. The molecule has 10 heteroatoms. The van der Waals surface area contributed by atoms with E-state index in [2.05, 4.69) is 5.32 Å². The lowest BCUT2D eigenvalue weighted by Crippen LogP contribution is -2.43. The molecule has 1 fully saturated rings. The Bertz CT molecular complexity index is 809. The summed E-state index contributed by atoms with van der Waals surface area (Å²) in [7, 11) is -3.40. The SMILES string of the molecule is O=C(CCC(=O)N1CCSc2ccccc21)NCCS(=O)(=O)N1CCOCC1. The number of morpholine rings is 1. The standard InChI is InChI=1S/C18H25N3O5S2/c22-17(19-7-14-28(24,25)20-8-11-26-12-9-20)5-6-18(23)21-10-13-27-16-4-2-1-3-15(16)21/h1-4H,5-14H2,(H,19,22). The molecule has 2 heterocycles. The van der Waals surface area contributed by atoms with Gasteiger partial charge in [-0.1, -0.05) is 12.1 Å². The molecule has 8 nitrogen and oxygen atoms in total. The number of hydrogen-bond donors (Lipinski definition) is 1. The number of sulfonamides is 1. The summed E-state index contributed by atoms with van der Waals surface area (Å²) in [5, 5.41) is 2.60. The van der Waals surface area contributed by atoms with Crippen molar-refractivity contribution in [1.82, 2.24) is 9.62 Å². The van der Waals surface area contributed by atoms with E-state index in [-0.39, 0.29) is 37.0 Å². The number of anilines is 1. The van der Waals surface area contributed by atoms with Crippen molar-refractivity contribution in [3.05, 3.63) is 24.3 Å². The molecule has 1 saturated heterocycles. The quantitative estimate of drug-likeness (QED) is 0.688. The van der Waals surface area contributed by atoms with Crippen molar-refractivity contribution >= 4 is 39.3 Å². The van der Waals surface area contributed by atoms with E-state index < -0.39 is 10.0 Å². The molecule has 0 unspecified atom stereocenters. The molecule has 0 spiro atoms. The van der Waals surface area contributed by atoms with Gasteiger partial charge in [0.1, 0.15) is 0 Å². The minimum atomic E-state index is -3.40. The Morgan fingerprint density at radius 3 is 2.64 bits per heavy atom. The third kappa shape index (κ3) is 5.47. The summed E-state index contributed by atoms with van der Waals surface area (Å²) >= 11 is 1.72. The average Bonchev–Trinajstić information content (AvgIpc) is 2.72. The van der Waals surface area contributed by atoms with Gasteiger partial charge in [0.2, 0.25) is 21.8 Å². The predicted molar refractivity (Wildman–Crippen MR) is 108 cm³/mol. The van der Waals surface area contributed by atoms with Crippen LogP contribution >= 0.6 is 11.8 Å². The number of nitrogens with zero attached hydrogens (tertiary/aromatic N) is 2. The molecule has 0 saturated carbocycles. The third-order valence-electron chi connectivity index (χ3n) is 4.64. The number of hydrogen-bond acceptors (Lipinski definition) is 6. The van der Waals surface area contributed by atoms with Crippen LogP contribution in [0.15, 0.2) is 29.2 Å². The second kappa shape index (κ2) is 9.73. The molecule has 0 aromatic heterocycles. The lowest BCUT2D eigenvalue weighted by Gasteiger charge is -2.29. The van der Waals surface area contributed by atoms with Gasteiger partial charge in [-0.05, 0) is 12.1 Å². The van der Waals surface area contributed by atoms with Crippen molar-refractivity contribution in [2.75, 3.05) is 55.8 Å². The Hall–Kier alpha value is -1.62. The van der Waals surface area contributed by atoms with Crippen LogP contribution in [0.1, 0.15) is 12.8 Å². The van der Waals surface area contributed by atoms with E-state index in [9.17, 15) is 18.0 Å². The van der Waals surface area contributed by atoms with Crippen LogP contribution < -0.4 is 10.2 Å². The number of amides is 2. The summed E-state index contributed by atoms with van der Waals surface area (Å²) in [6.07, 6.45) is 0.142. The van der Waals surface area contributed by atoms with Crippen molar-refractivity contribution in [2.45, 2.75) is 17.7 Å². The smallest absolute Gasteiger partial charge is 0.227 e. The number of ether oxygens (including phenoxy) is 1. The Kier molecular flexibility index (Phi) is 7.33. The minimum absolute atomic E-state index is 0.0376. The van der Waals surface area contributed by atoms with Crippen LogP contribution in [0.25, 0.3) is 0 Å². The van der Waals surface area contributed by atoms with Crippen LogP contribution in [0, 0.1) is 0 Å². The van der Waals surface area contributed by atoms with Crippen molar-refractivity contribution in [2.24, 2.45) is 0 Å². The van der Waals surface area contributed by atoms with Crippen LogP contribution in [-0.2, 0) is 24.3 Å². The van der Waals surface area contributed by atoms with Gasteiger partial charge in [-0.3, -0.25) is 9.59 Å². The fourth-order valence-electron chi connectivity index (χ4n) is 3.15. The Balaban J connectivity index is 1.42. The van der Waals surface area contributed by atoms with E-state index in [0.717, 1.165) is 16.3 Å². The first kappa shape index (κ1) is 21.1. The molecule has 3 rings (SSSR count). The summed E-state index contributed by atoms with van der Waals surface area (Å²) in [5.74, 6) is 0.270. The van der Waals surface area contributed by atoms with Crippen LogP contribution in [0.3, 0.4) is 0 Å². The zero-order valence-corrected chi connectivity index (χ0v) is 17.3. The number of rotatable bonds is 7. The summed E-state index contributed by atoms with van der Waals surface area (Å²) in [6, 6.07) is 7.74. The molecule has 2 amide bonds. The summed E-state index contributed by atoms with van der Waals surface area (Å²) < 4.78 is 31.0. The van der Waals surface area contributed by atoms with Crippen LogP contribution in [-0.4, -0.2) is 75.4 Å². The molecule has 1 aromatic rings. The number of carbonyl (C=O) groups excluding carboxylic acids is 2. The molecule has 2 aliphatic rings. The Morgan fingerprint density at radius 2 is 1.86 bits per heavy atom. The van der Waals surface area contributed by atoms with Gasteiger partial charge in [-0.25, -0.2) is 8.42 Å². The van der Waals surface area contributed by atoms with Gasteiger partial charge in [-0.2, -0.15) is 4.31 Å². The molecule has 1 N–H and O–H groups in total. The second-order valence-corrected chi connectivity index (χ2v) is 9.76. The van der Waals surface area contributed by atoms with Gasteiger partial charge in [0.25, 0.3) is 0 Å². The van der Waals surface area contributed by atoms with Crippen molar-refractivity contribution in [3.8, 4) is 0 Å². The van der Waals surface area contributed by atoms with Gasteiger partial charge >= 0.3 is 0 Å². The highest BCUT2D eigenvalue weighted by molar-refractivity contribution is 7.99. The number of para-hydroxylation sites is 1. The fourth-order valence-corrected chi connectivity index (χ4v) is 5.46. The normalized spacial score (nSPS) is 17.8. The van der Waals surface area contributed by atoms with E-state index >= 15 is 0 Å². The van der Waals surface area contributed by atoms with Gasteiger partial charge in [-0.15, -0.1) is 11.8 Å². The minimum Gasteiger partial charge on any atom is -0.379 e. The number of nitrogens with one attached hydrogen (secondary N) is 1. The molecule has 1 aromatic carbocycles. The van der Waals surface area contributed by atoms with E-state index in [0.29, 0.717) is 32.8 Å². The third-order valence-corrected chi connectivity index (χ3v) is 7.56. The van der Waals surface area contributed by atoms with E-state index in [1.807, 2.05) is 24.3 Å². The van der Waals surface area contributed by atoms with Gasteiger partial charge in [0.05, 0.1) is 24.7 Å². The predicted octanol–water partition coefficient (Wildman–Crippen LogP) is 0.684. The average molecular weight is 428 g/mol. The Labute approximate surface area is 169 Å². The summed E-state index contributed by atoms with van der Waals surface area (Å²) in [4.78, 5) is 27.3. The van der Waals surface area contributed by atoms with Crippen LogP contribution in [0.2, 0.25) is 0 Å². The first-order valence-corrected chi connectivity index (χ1v) is 11.9. The maximum absolute atomic E-state index is 12.5. The molecule has 0 radical (unpaired) electrons. The van der Waals surface area contributed by atoms with Gasteiger partial charge in [0.15, 0.2) is 0 Å². The monoisotopic (exact) mass is 427 g/mol. The van der Waals surface area contributed by atoms with Crippen molar-refractivity contribution in [3.63, 3.8) is 0 Å². The van der Waals surface area contributed by atoms with Crippen LogP contribution in [0.5, 0.6) is 0 Å². The molecule has 0 bridgehead atoms. The number of fused-ring (bicyclic) bond motifs is 1. The highest BCUT2D eigenvalue weighted by atomic mass is 32.2. The van der Waals surface area contributed by atoms with E-state index in [1.54, 1.807) is 16.7 Å². The summed E-state index contributed by atoms with van der Waals surface area (Å²) in [6.45, 7) is 2.15. The zero-order valence-electron chi connectivity index (χ0n) is 15.6. The number of carbonyl (C=O) groups is 2. The fraction of sp³-hybridized carbons (Fsp3) is 0.556. The molecular formula is C18H25N3O5S2. The number of thioether (sulfide) groups is 1. The van der Waals surface area contributed by atoms with Gasteiger partial charge < -0.3 is 15.0 Å². The lowest BCUT2D eigenvalue weighted by molar-refractivity contribution is -0.125. The molecule has 28 heavy (non-hydrogen) atoms. The second-order valence-electron chi connectivity index (χ2n) is 6.54.